The van der Waals surface area contributed by atoms with E-state index in [4.69, 9.17) is 10.4 Å². The minimum atomic E-state index is -1.13. The van der Waals surface area contributed by atoms with Gasteiger partial charge in [0.05, 0.1) is 29.1 Å². The lowest BCUT2D eigenvalue weighted by atomic mass is 10.2. The van der Waals surface area contributed by atoms with Crippen LogP contribution in [0.15, 0.2) is 42.7 Å². The third-order valence-electron chi connectivity index (χ3n) is 2.51. The molecule has 0 spiro atoms. The summed E-state index contributed by atoms with van der Waals surface area (Å²) in [7, 11) is 0. The maximum Gasteiger partial charge on any atom is 0.337 e. The summed E-state index contributed by atoms with van der Waals surface area (Å²) < 4.78 is 0. The first kappa shape index (κ1) is 14.0. The van der Waals surface area contributed by atoms with E-state index in [2.05, 4.69) is 15.6 Å². The van der Waals surface area contributed by atoms with Crippen molar-refractivity contribution >= 4 is 23.4 Å². The molecule has 0 aliphatic carbocycles. The van der Waals surface area contributed by atoms with Crippen molar-refractivity contribution in [1.82, 2.24) is 4.98 Å². The Labute approximate surface area is 119 Å². The van der Waals surface area contributed by atoms with Gasteiger partial charge in [-0.2, -0.15) is 5.26 Å². The fourth-order valence-electron chi connectivity index (χ4n) is 1.55. The minimum Gasteiger partial charge on any atom is -0.478 e. The quantitative estimate of drug-likeness (QED) is 0.798. The van der Waals surface area contributed by atoms with Crippen LogP contribution >= 0.6 is 0 Å². The van der Waals surface area contributed by atoms with Crippen molar-refractivity contribution in [2.75, 3.05) is 10.6 Å². The van der Waals surface area contributed by atoms with Gasteiger partial charge in [-0.05, 0) is 30.3 Å². The highest BCUT2D eigenvalue weighted by Gasteiger charge is 2.07. The molecule has 2 rings (SSSR count). The number of aromatic carboxylic acids is 1. The van der Waals surface area contributed by atoms with Crippen LogP contribution in [0.25, 0.3) is 0 Å². The van der Waals surface area contributed by atoms with Crippen LogP contribution in [0.3, 0.4) is 0 Å². The molecule has 1 aromatic carbocycles. The molecule has 0 bridgehead atoms. The topological polar surface area (TPSA) is 115 Å². The number of nitrogens with one attached hydrogen (secondary N) is 2. The van der Waals surface area contributed by atoms with Gasteiger partial charge in [0.25, 0.3) is 0 Å². The minimum absolute atomic E-state index is 0.0221. The van der Waals surface area contributed by atoms with Crippen molar-refractivity contribution in [3.63, 3.8) is 0 Å². The first-order valence-corrected chi connectivity index (χ1v) is 5.85. The Morgan fingerprint density at radius 2 is 1.76 bits per heavy atom. The summed E-state index contributed by atoms with van der Waals surface area (Å²) in [6.45, 7) is 0. The Bertz CT molecular complexity index is 720. The molecule has 1 aromatic heterocycles. The Morgan fingerprint density at radius 3 is 2.38 bits per heavy atom. The molecular weight excluding hydrogens is 272 g/mol. The number of carbonyl (C=O) groups excluding carboxylic acids is 1. The van der Waals surface area contributed by atoms with Crippen LogP contribution in [0.5, 0.6) is 0 Å². The zero-order valence-corrected chi connectivity index (χ0v) is 10.7. The number of nitriles is 1. The van der Waals surface area contributed by atoms with E-state index in [0.717, 1.165) is 0 Å². The number of pyridine rings is 1. The summed E-state index contributed by atoms with van der Waals surface area (Å²) >= 11 is 0. The lowest BCUT2D eigenvalue weighted by Crippen LogP contribution is -2.19. The number of aromatic nitrogens is 1. The van der Waals surface area contributed by atoms with Crippen LogP contribution in [0.4, 0.5) is 16.2 Å². The van der Waals surface area contributed by atoms with Crippen molar-refractivity contribution in [3.05, 3.63) is 53.9 Å². The second-order valence-electron chi connectivity index (χ2n) is 4.04. The molecule has 7 heteroatoms. The number of benzene rings is 1. The predicted molar refractivity (Wildman–Crippen MR) is 75.0 cm³/mol. The normalized spacial score (nSPS) is 9.48. The maximum absolute atomic E-state index is 11.8. The molecule has 21 heavy (non-hydrogen) atoms. The lowest BCUT2D eigenvalue weighted by molar-refractivity contribution is 0.0696. The maximum atomic E-state index is 11.8. The molecular formula is C14H10N4O3. The van der Waals surface area contributed by atoms with Crippen molar-refractivity contribution in [3.8, 4) is 6.07 Å². The molecule has 104 valence electrons. The number of rotatable bonds is 3. The van der Waals surface area contributed by atoms with E-state index < -0.39 is 12.0 Å². The van der Waals surface area contributed by atoms with Crippen LogP contribution < -0.4 is 10.6 Å². The molecule has 0 unspecified atom stereocenters. The second-order valence-corrected chi connectivity index (χ2v) is 4.04. The van der Waals surface area contributed by atoms with E-state index in [1.54, 1.807) is 24.3 Å². The Hall–Kier alpha value is -3.40. The van der Waals surface area contributed by atoms with E-state index in [1.807, 2.05) is 6.07 Å². The van der Waals surface area contributed by atoms with Gasteiger partial charge < -0.3 is 15.7 Å². The molecule has 2 aromatic rings. The summed E-state index contributed by atoms with van der Waals surface area (Å²) in [5.41, 5.74) is 1.24. The van der Waals surface area contributed by atoms with Gasteiger partial charge in [-0.15, -0.1) is 0 Å². The average molecular weight is 282 g/mol. The molecule has 2 amide bonds. The number of urea groups is 1. The van der Waals surface area contributed by atoms with Crippen molar-refractivity contribution in [2.45, 2.75) is 0 Å². The molecule has 0 radical (unpaired) electrons. The summed E-state index contributed by atoms with van der Waals surface area (Å²) in [5, 5.41) is 22.5. The first-order valence-electron chi connectivity index (χ1n) is 5.85. The number of hydrogen-bond acceptors (Lipinski definition) is 4. The second kappa shape index (κ2) is 6.16. The molecule has 0 saturated heterocycles. The van der Waals surface area contributed by atoms with Gasteiger partial charge in [0.15, 0.2) is 0 Å². The van der Waals surface area contributed by atoms with Gasteiger partial charge in [0, 0.05) is 11.9 Å². The summed E-state index contributed by atoms with van der Waals surface area (Å²) in [5.74, 6) is -1.13. The Balaban J connectivity index is 2.02. The highest BCUT2D eigenvalue weighted by Crippen LogP contribution is 2.11. The van der Waals surface area contributed by atoms with Crippen molar-refractivity contribution in [2.24, 2.45) is 0 Å². The number of carbonyl (C=O) groups is 2. The first-order chi connectivity index (χ1) is 10.1. The summed E-state index contributed by atoms with van der Waals surface area (Å²) in [4.78, 5) is 26.3. The van der Waals surface area contributed by atoms with Gasteiger partial charge in [-0.1, -0.05) is 0 Å². The van der Waals surface area contributed by atoms with Crippen molar-refractivity contribution in [1.29, 1.82) is 5.26 Å². The zero-order valence-electron chi connectivity index (χ0n) is 10.7. The molecule has 7 nitrogen and oxygen atoms in total. The van der Waals surface area contributed by atoms with Crippen LogP contribution in [-0.4, -0.2) is 22.1 Å². The number of anilines is 2. The van der Waals surface area contributed by atoms with Crippen LogP contribution in [0, 0.1) is 11.3 Å². The Kier molecular flexibility index (Phi) is 4.11. The van der Waals surface area contributed by atoms with E-state index in [9.17, 15) is 9.59 Å². The molecule has 0 atom stereocenters. The monoisotopic (exact) mass is 282 g/mol. The molecule has 0 aliphatic rings. The molecule has 0 aliphatic heterocycles. The van der Waals surface area contributed by atoms with E-state index in [0.29, 0.717) is 11.3 Å². The third-order valence-corrected chi connectivity index (χ3v) is 2.51. The fraction of sp³-hybridized carbons (Fsp3) is 0. The van der Waals surface area contributed by atoms with Crippen LogP contribution in [0.2, 0.25) is 0 Å². The zero-order chi connectivity index (χ0) is 15.2. The summed E-state index contributed by atoms with van der Waals surface area (Å²) in [6.07, 6.45) is 2.52. The van der Waals surface area contributed by atoms with E-state index in [1.165, 1.54) is 18.5 Å². The van der Waals surface area contributed by atoms with Gasteiger partial charge >= 0.3 is 12.0 Å². The smallest absolute Gasteiger partial charge is 0.337 e. The number of hydrogen-bond donors (Lipinski definition) is 3. The largest absolute Gasteiger partial charge is 0.478 e. The lowest BCUT2D eigenvalue weighted by Gasteiger charge is -2.07. The average Bonchev–Trinajstić information content (AvgIpc) is 2.48. The number of amides is 2. The molecule has 0 saturated carbocycles. The highest BCUT2D eigenvalue weighted by molar-refractivity contribution is 6.00. The van der Waals surface area contributed by atoms with E-state index in [-0.39, 0.29) is 11.3 Å². The number of carboxylic acids is 1. The highest BCUT2D eigenvalue weighted by atomic mass is 16.4. The van der Waals surface area contributed by atoms with Crippen LogP contribution in [-0.2, 0) is 0 Å². The standard InChI is InChI=1S/C14H10N4O3/c15-6-9-1-3-11(4-2-9)17-14(21)18-12-5-10(13(19)20)7-16-8-12/h1-5,7-8H,(H,19,20)(H2,17,18,21). The molecule has 0 fully saturated rings. The number of carboxylic acid groups (broad SMARTS) is 1. The van der Waals surface area contributed by atoms with Crippen molar-refractivity contribution < 1.29 is 14.7 Å². The third kappa shape index (κ3) is 3.78. The van der Waals surface area contributed by atoms with Gasteiger partial charge in [-0.25, -0.2) is 9.59 Å². The molecule has 3 N–H and O–H groups in total. The SMILES string of the molecule is N#Cc1ccc(NC(=O)Nc2cncc(C(=O)O)c2)cc1. The van der Waals surface area contributed by atoms with Gasteiger partial charge in [0.1, 0.15) is 0 Å². The van der Waals surface area contributed by atoms with Gasteiger partial charge in [-0.3, -0.25) is 4.98 Å². The number of nitrogens with zero attached hydrogens (tertiary/aromatic N) is 2. The molecule has 1 heterocycles. The van der Waals surface area contributed by atoms with Crippen LogP contribution in [0.1, 0.15) is 15.9 Å². The summed E-state index contributed by atoms with van der Waals surface area (Å²) in [6, 6.07) is 9.05. The fourth-order valence-corrected chi connectivity index (χ4v) is 1.55. The van der Waals surface area contributed by atoms with Gasteiger partial charge in [0.2, 0.25) is 0 Å². The predicted octanol–water partition coefficient (Wildman–Crippen LogP) is 2.30. The van der Waals surface area contributed by atoms with E-state index >= 15 is 0 Å². The Morgan fingerprint density at radius 1 is 1.10 bits per heavy atom.